The molecule has 1 saturated heterocycles. The van der Waals surface area contributed by atoms with Crippen LogP contribution < -0.4 is 23.8 Å². The maximum Gasteiger partial charge on any atom is 0.246 e. The summed E-state index contributed by atoms with van der Waals surface area (Å²) in [6, 6.07) is 7.25. The Morgan fingerprint density at radius 2 is 1.62 bits per heavy atom. The molecule has 0 spiro atoms. The maximum absolute atomic E-state index is 12.8. The predicted molar refractivity (Wildman–Crippen MR) is 135 cm³/mol. The van der Waals surface area contributed by atoms with Gasteiger partial charge in [-0.05, 0) is 35.9 Å². The first-order chi connectivity index (χ1) is 16.5. The number of ether oxygens (including phenoxy) is 4. The van der Waals surface area contributed by atoms with Gasteiger partial charge in [-0.15, -0.1) is 0 Å². The Bertz CT molecular complexity index is 1200. The van der Waals surface area contributed by atoms with E-state index in [1.807, 2.05) is 17.0 Å². The van der Waals surface area contributed by atoms with Gasteiger partial charge in [-0.3, -0.25) is 4.79 Å². The number of fused-ring (bicyclic) bond motifs is 1. The van der Waals surface area contributed by atoms with E-state index in [2.05, 4.69) is 4.90 Å². The van der Waals surface area contributed by atoms with Crippen LogP contribution in [-0.4, -0.2) is 70.4 Å². The molecule has 8 nitrogen and oxygen atoms in total. The fourth-order valence-electron chi connectivity index (χ4n) is 3.83. The summed E-state index contributed by atoms with van der Waals surface area (Å²) in [6.45, 7) is 2.56. The monoisotopic (exact) mass is 503 g/mol. The van der Waals surface area contributed by atoms with Crippen molar-refractivity contribution in [2.24, 2.45) is 0 Å². The number of carbonyl (C=O) groups is 1. The van der Waals surface area contributed by atoms with E-state index in [9.17, 15) is 4.79 Å². The number of hydrogen-bond donors (Lipinski definition) is 0. The molecule has 1 aliphatic heterocycles. The maximum atomic E-state index is 12.8. The first kappa shape index (κ1) is 24.0. The molecule has 4 rings (SSSR count). The zero-order valence-corrected chi connectivity index (χ0v) is 21.0. The van der Waals surface area contributed by atoms with Crippen molar-refractivity contribution in [2.45, 2.75) is 0 Å². The van der Waals surface area contributed by atoms with Crippen molar-refractivity contribution in [3.8, 4) is 23.0 Å². The van der Waals surface area contributed by atoms with E-state index in [0.29, 0.717) is 54.2 Å². The third-order valence-electron chi connectivity index (χ3n) is 5.63. The van der Waals surface area contributed by atoms with Gasteiger partial charge in [0.2, 0.25) is 11.7 Å². The fourth-order valence-corrected chi connectivity index (χ4v) is 5.14. The number of amides is 1. The van der Waals surface area contributed by atoms with Crippen molar-refractivity contribution in [2.75, 3.05) is 59.5 Å². The number of rotatable bonds is 7. The summed E-state index contributed by atoms with van der Waals surface area (Å²) in [4.78, 5) is 21.5. The number of carbonyl (C=O) groups excluding carboxylic acids is 1. The van der Waals surface area contributed by atoms with Crippen LogP contribution in [0.3, 0.4) is 0 Å². The van der Waals surface area contributed by atoms with E-state index < -0.39 is 0 Å². The lowest BCUT2D eigenvalue weighted by atomic mass is 10.1. The third-order valence-corrected chi connectivity index (χ3v) is 7.21. The molecule has 1 fully saturated rings. The van der Waals surface area contributed by atoms with Crippen LogP contribution in [0.4, 0.5) is 5.13 Å². The molecule has 1 aliphatic rings. The lowest BCUT2D eigenvalue weighted by molar-refractivity contribution is -0.126. The summed E-state index contributed by atoms with van der Waals surface area (Å²) in [7, 11) is 6.30. The summed E-state index contributed by atoms with van der Waals surface area (Å²) in [6.07, 6.45) is 3.32. The van der Waals surface area contributed by atoms with Gasteiger partial charge in [-0.25, -0.2) is 4.98 Å². The Hall–Kier alpha value is -3.17. The van der Waals surface area contributed by atoms with Crippen LogP contribution in [0.15, 0.2) is 30.3 Å². The zero-order chi connectivity index (χ0) is 24.2. The van der Waals surface area contributed by atoms with Gasteiger partial charge in [-0.2, -0.15) is 0 Å². The molecular weight excluding hydrogens is 478 g/mol. The minimum atomic E-state index is -0.0533. The van der Waals surface area contributed by atoms with E-state index in [1.54, 1.807) is 52.7 Å². The predicted octanol–water partition coefficient (Wildman–Crippen LogP) is 4.35. The highest BCUT2D eigenvalue weighted by Crippen LogP contribution is 2.39. The molecule has 2 aromatic carbocycles. The number of benzene rings is 2. The van der Waals surface area contributed by atoms with Gasteiger partial charge in [0, 0.05) is 32.3 Å². The second-order valence-electron chi connectivity index (χ2n) is 7.53. The van der Waals surface area contributed by atoms with Gasteiger partial charge in [0.1, 0.15) is 11.3 Å². The molecule has 0 N–H and O–H groups in total. The largest absolute Gasteiger partial charge is 0.494 e. The summed E-state index contributed by atoms with van der Waals surface area (Å²) < 4.78 is 22.4. The summed E-state index contributed by atoms with van der Waals surface area (Å²) in [5.41, 5.74) is 1.54. The van der Waals surface area contributed by atoms with Gasteiger partial charge in [-0.1, -0.05) is 22.9 Å². The van der Waals surface area contributed by atoms with Crippen molar-refractivity contribution in [3.63, 3.8) is 0 Å². The molecule has 1 aromatic heterocycles. The van der Waals surface area contributed by atoms with E-state index in [4.69, 9.17) is 35.5 Å². The van der Waals surface area contributed by atoms with Crippen LogP contribution in [0.5, 0.6) is 23.0 Å². The molecular formula is C24H26ClN3O5S. The molecule has 10 heteroatoms. The molecule has 1 amide bonds. The Morgan fingerprint density at radius 1 is 0.971 bits per heavy atom. The van der Waals surface area contributed by atoms with Crippen molar-refractivity contribution >= 4 is 50.3 Å². The highest BCUT2D eigenvalue weighted by molar-refractivity contribution is 7.22. The standard InChI is InChI=1S/C24H26ClN3O5S/c1-30-17-7-6-16(25)23-21(17)26-24(34-23)28-11-9-27(10-12-28)20(29)8-5-15-13-18(31-2)22(33-4)19(14-15)32-3/h5-8,13-14H,9-12H2,1-4H3/b8-5-. The normalized spacial score (nSPS) is 14.0. The van der Waals surface area contributed by atoms with E-state index >= 15 is 0 Å². The molecule has 0 radical (unpaired) electrons. The van der Waals surface area contributed by atoms with Crippen molar-refractivity contribution < 1.29 is 23.7 Å². The minimum absolute atomic E-state index is 0.0533. The smallest absolute Gasteiger partial charge is 0.246 e. The lowest BCUT2D eigenvalue weighted by Crippen LogP contribution is -2.48. The molecule has 3 aromatic rings. The molecule has 34 heavy (non-hydrogen) atoms. The quantitative estimate of drug-likeness (QED) is 0.444. The lowest BCUT2D eigenvalue weighted by Gasteiger charge is -2.34. The Balaban J connectivity index is 1.43. The number of piperazine rings is 1. The number of halogens is 1. The van der Waals surface area contributed by atoms with Gasteiger partial charge >= 0.3 is 0 Å². The van der Waals surface area contributed by atoms with Crippen molar-refractivity contribution in [1.29, 1.82) is 0 Å². The summed E-state index contributed by atoms with van der Waals surface area (Å²) >= 11 is 7.89. The Kier molecular flexibility index (Phi) is 7.33. The topological polar surface area (TPSA) is 73.4 Å². The van der Waals surface area contributed by atoms with E-state index in [1.165, 1.54) is 11.3 Å². The number of hydrogen-bond acceptors (Lipinski definition) is 8. The molecule has 180 valence electrons. The summed E-state index contributed by atoms with van der Waals surface area (Å²) in [5, 5.41) is 1.53. The average molecular weight is 504 g/mol. The Labute approximate surface area is 207 Å². The molecule has 0 aliphatic carbocycles. The Morgan fingerprint density at radius 3 is 2.21 bits per heavy atom. The molecule has 0 atom stereocenters. The molecule has 0 bridgehead atoms. The zero-order valence-electron chi connectivity index (χ0n) is 19.5. The number of thiazole rings is 1. The third kappa shape index (κ3) is 4.71. The SMILES string of the molecule is COc1cc(/C=C\C(=O)N2CCN(c3nc4c(OC)ccc(Cl)c4s3)CC2)cc(OC)c1OC. The van der Waals surface area contributed by atoms with Crippen LogP contribution in [0.1, 0.15) is 5.56 Å². The van der Waals surface area contributed by atoms with Gasteiger partial charge < -0.3 is 28.7 Å². The van der Waals surface area contributed by atoms with Crippen LogP contribution in [0.2, 0.25) is 5.02 Å². The first-order valence-electron chi connectivity index (χ1n) is 10.6. The van der Waals surface area contributed by atoms with Gasteiger partial charge in [0.25, 0.3) is 0 Å². The summed E-state index contributed by atoms with van der Waals surface area (Å²) in [5.74, 6) is 2.23. The number of methoxy groups -OCH3 is 4. The van der Waals surface area contributed by atoms with Crippen LogP contribution in [0, 0.1) is 0 Å². The van der Waals surface area contributed by atoms with Crippen LogP contribution in [-0.2, 0) is 4.79 Å². The average Bonchev–Trinajstić information content (AvgIpc) is 3.33. The second-order valence-corrected chi connectivity index (χ2v) is 8.91. The highest BCUT2D eigenvalue weighted by Gasteiger charge is 2.23. The first-order valence-corrected chi connectivity index (χ1v) is 11.8. The minimum Gasteiger partial charge on any atom is -0.494 e. The fraction of sp³-hybridized carbons (Fsp3) is 0.333. The highest BCUT2D eigenvalue weighted by atomic mass is 35.5. The van der Waals surface area contributed by atoms with Crippen molar-refractivity contribution in [1.82, 2.24) is 9.88 Å². The van der Waals surface area contributed by atoms with Gasteiger partial charge in [0.15, 0.2) is 16.6 Å². The van der Waals surface area contributed by atoms with Crippen molar-refractivity contribution in [3.05, 3.63) is 40.9 Å². The van der Waals surface area contributed by atoms with Gasteiger partial charge in [0.05, 0.1) is 38.2 Å². The second kappa shape index (κ2) is 10.4. The molecule has 2 heterocycles. The number of aromatic nitrogens is 1. The molecule has 0 unspecified atom stereocenters. The van der Waals surface area contributed by atoms with E-state index in [0.717, 1.165) is 20.9 Å². The number of anilines is 1. The number of nitrogens with zero attached hydrogens (tertiary/aromatic N) is 3. The van der Waals surface area contributed by atoms with Crippen LogP contribution in [0.25, 0.3) is 16.3 Å². The van der Waals surface area contributed by atoms with E-state index in [-0.39, 0.29) is 5.91 Å². The van der Waals surface area contributed by atoms with Crippen LogP contribution >= 0.6 is 22.9 Å². The molecule has 0 saturated carbocycles.